The van der Waals surface area contributed by atoms with Crippen LogP contribution in [0.2, 0.25) is 0 Å². The molecule has 1 N–H and O–H groups in total. The molecule has 140 valence electrons. The van der Waals surface area contributed by atoms with Crippen LogP contribution in [0.15, 0.2) is 36.4 Å². The van der Waals surface area contributed by atoms with Gasteiger partial charge >= 0.3 is 6.18 Å². The topological polar surface area (TPSA) is 75.4 Å². The third kappa shape index (κ3) is 3.18. The lowest BCUT2D eigenvalue weighted by atomic mass is 10.2. The molecule has 1 unspecified atom stereocenters. The molecule has 27 heavy (non-hydrogen) atoms. The lowest BCUT2D eigenvalue weighted by molar-refractivity contribution is -0.144. The maximum absolute atomic E-state index is 12.9. The molecule has 0 bridgehead atoms. The fourth-order valence-electron chi connectivity index (χ4n) is 3.07. The monoisotopic (exact) mass is 376 g/mol. The second-order valence-corrected chi connectivity index (χ2v) is 6.24. The quantitative estimate of drug-likeness (QED) is 0.761. The zero-order valence-electron chi connectivity index (χ0n) is 14.2. The Labute approximate surface area is 151 Å². The maximum atomic E-state index is 12.9. The van der Waals surface area contributed by atoms with Gasteiger partial charge in [-0.3, -0.25) is 4.79 Å². The molecule has 0 radical (unpaired) electrons. The molecule has 1 aromatic carbocycles. The summed E-state index contributed by atoms with van der Waals surface area (Å²) in [7, 11) is 0. The van der Waals surface area contributed by atoms with Gasteiger partial charge in [-0.25, -0.2) is 4.98 Å². The molecule has 1 atom stereocenters. The van der Waals surface area contributed by atoms with Crippen LogP contribution in [0.4, 0.5) is 24.7 Å². The van der Waals surface area contributed by atoms with E-state index in [2.05, 4.69) is 20.4 Å². The minimum absolute atomic E-state index is 0.153. The van der Waals surface area contributed by atoms with Gasteiger partial charge in [0.2, 0.25) is 5.91 Å². The molecule has 10 heteroatoms. The van der Waals surface area contributed by atoms with Gasteiger partial charge in [0.1, 0.15) is 11.9 Å². The fraction of sp³-hybridized carbons (Fsp3) is 0.294. The molecule has 1 aliphatic heterocycles. The number of para-hydroxylation sites is 1. The van der Waals surface area contributed by atoms with Gasteiger partial charge < -0.3 is 10.2 Å². The van der Waals surface area contributed by atoms with E-state index in [-0.39, 0.29) is 17.5 Å². The number of nitrogens with one attached hydrogen (secondary N) is 1. The highest BCUT2D eigenvalue weighted by atomic mass is 19.4. The Hall–Kier alpha value is -3.17. The van der Waals surface area contributed by atoms with Crippen LogP contribution in [0.5, 0.6) is 0 Å². The zero-order valence-corrected chi connectivity index (χ0v) is 14.2. The van der Waals surface area contributed by atoms with Crippen LogP contribution >= 0.6 is 0 Å². The predicted octanol–water partition coefficient (Wildman–Crippen LogP) is 2.67. The number of aryl methyl sites for hydroxylation is 1. The van der Waals surface area contributed by atoms with E-state index in [0.29, 0.717) is 18.7 Å². The summed E-state index contributed by atoms with van der Waals surface area (Å²) in [5, 5.41) is 6.50. The van der Waals surface area contributed by atoms with Crippen molar-refractivity contribution in [2.75, 3.05) is 16.8 Å². The molecule has 1 fully saturated rings. The number of hydrogen-bond donors (Lipinski definition) is 1. The largest absolute Gasteiger partial charge is 0.453 e. The number of alkyl halides is 3. The third-order valence-electron chi connectivity index (χ3n) is 4.29. The van der Waals surface area contributed by atoms with E-state index < -0.39 is 18.0 Å². The number of fused-ring (bicyclic) bond motifs is 1. The smallest absolute Gasteiger partial charge is 0.358 e. The number of carbonyl (C=O) groups excluding carboxylic acids is 1. The highest BCUT2D eigenvalue weighted by Crippen LogP contribution is 2.28. The number of anilines is 2. The Morgan fingerprint density at radius 1 is 1.19 bits per heavy atom. The molecule has 0 aliphatic carbocycles. The van der Waals surface area contributed by atoms with E-state index >= 15 is 0 Å². The van der Waals surface area contributed by atoms with Crippen molar-refractivity contribution in [2.24, 2.45) is 0 Å². The van der Waals surface area contributed by atoms with Crippen molar-refractivity contribution in [1.29, 1.82) is 0 Å². The van der Waals surface area contributed by atoms with E-state index in [4.69, 9.17) is 0 Å². The van der Waals surface area contributed by atoms with Crippen LogP contribution in [0.25, 0.3) is 5.78 Å². The summed E-state index contributed by atoms with van der Waals surface area (Å²) in [6.07, 6.45) is -4.16. The Balaban J connectivity index is 1.64. The van der Waals surface area contributed by atoms with Gasteiger partial charge in [-0.2, -0.15) is 22.7 Å². The van der Waals surface area contributed by atoms with Crippen molar-refractivity contribution in [2.45, 2.75) is 25.6 Å². The predicted molar refractivity (Wildman–Crippen MR) is 91.3 cm³/mol. The zero-order chi connectivity index (χ0) is 19.2. The number of aromatic nitrogens is 4. The van der Waals surface area contributed by atoms with Gasteiger partial charge in [-0.05, 0) is 25.5 Å². The first-order valence-corrected chi connectivity index (χ1v) is 8.27. The van der Waals surface area contributed by atoms with Crippen molar-refractivity contribution in [1.82, 2.24) is 19.6 Å². The van der Waals surface area contributed by atoms with Gasteiger partial charge in [0.05, 0.1) is 0 Å². The molecule has 0 saturated carbocycles. The van der Waals surface area contributed by atoms with E-state index in [1.165, 1.54) is 0 Å². The number of amides is 1. The Morgan fingerprint density at radius 3 is 2.63 bits per heavy atom. The summed E-state index contributed by atoms with van der Waals surface area (Å²) in [6, 6.07) is 10.2. The number of halogens is 3. The van der Waals surface area contributed by atoms with Crippen LogP contribution in [0.1, 0.15) is 17.9 Å². The minimum atomic E-state index is -4.67. The molecular weight excluding hydrogens is 361 g/mol. The Kier molecular flexibility index (Phi) is 3.97. The molecule has 7 nitrogen and oxygen atoms in total. The second kappa shape index (κ2) is 6.22. The van der Waals surface area contributed by atoms with Crippen molar-refractivity contribution in [3.63, 3.8) is 0 Å². The molecule has 1 aliphatic rings. The first-order chi connectivity index (χ1) is 12.8. The van der Waals surface area contributed by atoms with Gasteiger partial charge in [-0.15, -0.1) is 5.10 Å². The molecule has 1 amide bonds. The SMILES string of the molecule is Cc1cc(NC2CCN(c3ccccc3)C2=O)n2nc(C(F)(F)F)nc2n1. The Morgan fingerprint density at radius 2 is 1.93 bits per heavy atom. The van der Waals surface area contributed by atoms with Crippen LogP contribution in [0, 0.1) is 6.92 Å². The molecular formula is C17H15F3N6O. The van der Waals surface area contributed by atoms with Crippen LogP contribution < -0.4 is 10.2 Å². The second-order valence-electron chi connectivity index (χ2n) is 6.24. The number of rotatable bonds is 3. The summed E-state index contributed by atoms with van der Waals surface area (Å²) in [5.74, 6) is -1.35. The summed E-state index contributed by atoms with van der Waals surface area (Å²) in [4.78, 5) is 21.8. The minimum Gasteiger partial charge on any atom is -0.358 e. The van der Waals surface area contributed by atoms with E-state index in [1.807, 2.05) is 30.3 Å². The van der Waals surface area contributed by atoms with E-state index in [0.717, 1.165) is 10.2 Å². The molecule has 3 aromatic rings. The summed E-state index contributed by atoms with van der Waals surface area (Å²) < 4.78 is 39.7. The summed E-state index contributed by atoms with van der Waals surface area (Å²) in [5.41, 5.74) is 1.25. The molecule has 0 spiro atoms. The highest BCUT2D eigenvalue weighted by molar-refractivity contribution is 6.00. The molecule has 2 aromatic heterocycles. The van der Waals surface area contributed by atoms with Crippen molar-refractivity contribution in [3.8, 4) is 0 Å². The van der Waals surface area contributed by atoms with Gasteiger partial charge in [0.15, 0.2) is 0 Å². The van der Waals surface area contributed by atoms with Crippen molar-refractivity contribution < 1.29 is 18.0 Å². The Bertz CT molecular complexity index is 1000. The van der Waals surface area contributed by atoms with Crippen LogP contribution in [0.3, 0.4) is 0 Å². The molecule has 1 saturated heterocycles. The lowest BCUT2D eigenvalue weighted by Crippen LogP contribution is -2.34. The van der Waals surface area contributed by atoms with Gasteiger partial charge in [0, 0.05) is 24.0 Å². The normalized spacial score (nSPS) is 17.7. The standard InChI is InChI=1S/C17H15F3N6O/c1-10-9-13(26-16(21-10)23-15(24-26)17(18,19)20)22-12-7-8-25(14(12)27)11-5-3-2-4-6-11/h2-6,9,12,22H,7-8H2,1H3. The number of hydrogen-bond acceptors (Lipinski definition) is 5. The van der Waals surface area contributed by atoms with E-state index in [9.17, 15) is 18.0 Å². The summed E-state index contributed by atoms with van der Waals surface area (Å²) in [6.45, 7) is 2.15. The number of benzene rings is 1. The van der Waals surface area contributed by atoms with Crippen LogP contribution in [-0.4, -0.2) is 38.1 Å². The fourth-order valence-corrected chi connectivity index (χ4v) is 3.07. The van der Waals surface area contributed by atoms with Gasteiger partial charge in [0.25, 0.3) is 11.6 Å². The molecule has 4 rings (SSSR count). The van der Waals surface area contributed by atoms with Crippen molar-refractivity contribution in [3.05, 3.63) is 47.9 Å². The maximum Gasteiger partial charge on any atom is 0.453 e. The van der Waals surface area contributed by atoms with Crippen LogP contribution in [-0.2, 0) is 11.0 Å². The third-order valence-corrected chi connectivity index (χ3v) is 4.29. The number of nitrogens with zero attached hydrogens (tertiary/aromatic N) is 5. The lowest BCUT2D eigenvalue weighted by Gasteiger charge is -2.18. The van der Waals surface area contributed by atoms with E-state index in [1.54, 1.807) is 17.9 Å². The first-order valence-electron chi connectivity index (χ1n) is 8.27. The number of carbonyl (C=O) groups is 1. The summed E-state index contributed by atoms with van der Waals surface area (Å²) >= 11 is 0. The molecule has 3 heterocycles. The highest BCUT2D eigenvalue weighted by Gasteiger charge is 2.37. The first kappa shape index (κ1) is 17.3. The average molecular weight is 376 g/mol. The van der Waals surface area contributed by atoms with Gasteiger partial charge in [-0.1, -0.05) is 18.2 Å². The van der Waals surface area contributed by atoms with Crippen molar-refractivity contribution >= 4 is 23.2 Å². The average Bonchev–Trinajstić information content (AvgIpc) is 3.20.